The highest BCUT2D eigenvalue weighted by Gasteiger charge is 2.41. The molecule has 0 atom stereocenters. The summed E-state index contributed by atoms with van der Waals surface area (Å²) in [4.78, 5) is 49.2. The molecular formula is C14H14N2O6S4. The van der Waals surface area contributed by atoms with Gasteiger partial charge in [-0.25, -0.2) is 0 Å². The summed E-state index contributed by atoms with van der Waals surface area (Å²) < 4.78 is 0.540. The number of amides is 2. The van der Waals surface area contributed by atoms with E-state index in [1.54, 1.807) is 0 Å². The molecule has 8 nitrogen and oxygen atoms in total. The molecule has 0 spiro atoms. The van der Waals surface area contributed by atoms with Crippen LogP contribution in [-0.2, 0) is 19.2 Å². The maximum Gasteiger partial charge on any atom is 0.303 e. The average molecular weight is 435 g/mol. The zero-order valence-corrected chi connectivity index (χ0v) is 16.6. The van der Waals surface area contributed by atoms with Gasteiger partial charge in [0.05, 0.1) is 9.81 Å². The lowest BCUT2D eigenvalue weighted by Gasteiger charge is -2.13. The van der Waals surface area contributed by atoms with Gasteiger partial charge in [0.1, 0.15) is 8.64 Å². The first-order chi connectivity index (χ1) is 12.2. The van der Waals surface area contributed by atoms with Gasteiger partial charge in [-0.2, -0.15) is 0 Å². The quantitative estimate of drug-likeness (QED) is 0.431. The Morgan fingerprint density at radius 1 is 0.808 bits per heavy atom. The smallest absolute Gasteiger partial charge is 0.303 e. The lowest BCUT2D eigenvalue weighted by atomic mass is 10.3. The molecule has 0 unspecified atom stereocenters. The zero-order valence-electron chi connectivity index (χ0n) is 13.3. The number of hydrogen-bond acceptors (Lipinski definition) is 8. The van der Waals surface area contributed by atoms with Gasteiger partial charge in [-0.3, -0.25) is 29.0 Å². The van der Waals surface area contributed by atoms with Gasteiger partial charge in [0.15, 0.2) is 0 Å². The fraction of sp³-hybridized carbons (Fsp3) is 0.429. The van der Waals surface area contributed by atoms with Crippen molar-refractivity contribution < 1.29 is 29.4 Å². The van der Waals surface area contributed by atoms with Gasteiger partial charge in [-0.15, -0.1) is 0 Å². The molecule has 0 aromatic carbocycles. The lowest BCUT2D eigenvalue weighted by molar-refractivity contribution is -0.138. The van der Waals surface area contributed by atoms with Crippen molar-refractivity contribution in [1.29, 1.82) is 0 Å². The van der Waals surface area contributed by atoms with Crippen LogP contribution in [0.1, 0.15) is 25.7 Å². The Balaban J connectivity index is 2.09. The molecule has 2 amide bonds. The molecule has 2 N–H and O–H groups in total. The van der Waals surface area contributed by atoms with E-state index in [0.717, 1.165) is 23.5 Å². The van der Waals surface area contributed by atoms with Crippen LogP contribution in [0.5, 0.6) is 0 Å². The van der Waals surface area contributed by atoms with Crippen LogP contribution in [0.4, 0.5) is 0 Å². The summed E-state index contributed by atoms with van der Waals surface area (Å²) in [5.74, 6) is -2.79. The molecule has 2 rings (SSSR count). The average Bonchev–Trinajstić information content (AvgIpc) is 2.98. The number of thioether (sulfide) groups is 2. The topological polar surface area (TPSA) is 115 Å². The van der Waals surface area contributed by atoms with Crippen molar-refractivity contribution >= 4 is 80.4 Å². The van der Waals surface area contributed by atoms with Crippen LogP contribution in [-0.4, -0.2) is 65.5 Å². The van der Waals surface area contributed by atoms with E-state index in [0.29, 0.717) is 0 Å². The molecule has 2 heterocycles. The van der Waals surface area contributed by atoms with Crippen LogP contribution < -0.4 is 0 Å². The Morgan fingerprint density at radius 3 is 1.46 bits per heavy atom. The number of carboxylic acids is 2. The molecule has 12 heteroatoms. The molecule has 2 aliphatic rings. The van der Waals surface area contributed by atoms with Gasteiger partial charge in [0.2, 0.25) is 0 Å². The van der Waals surface area contributed by atoms with Gasteiger partial charge in [0.25, 0.3) is 11.8 Å². The van der Waals surface area contributed by atoms with Crippen molar-refractivity contribution in [3.63, 3.8) is 0 Å². The predicted molar refractivity (Wildman–Crippen MR) is 105 cm³/mol. The Hall–Kier alpha value is -1.50. The van der Waals surface area contributed by atoms with Crippen LogP contribution in [0.2, 0.25) is 0 Å². The van der Waals surface area contributed by atoms with Crippen molar-refractivity contribution in [3.8, 4) is 0 Å². The normalized spacial score (nSPS) is 20.5. The minimum atomic E-state index is -0.960. The maximum absolute atomic E-state index is 12.5. The molecule has 0 aliphatic carbocycles. The summed E-state index contributed by atoms with van der Waals surface area (Å²) in [6.07, 6.45) is 0.340. The first-order valence-electron chi connectivity index (χ1n) is 7.47. The molecular weight excluding hydrogens is 420 g/mol. The zero-order chi connectivity index (χ0) is 19.4. The second-order valence-electron chi connectivity index (χ2n) is 5.30. The van der Waals surface area contributed by atoms with E-state index in [-0.39, 0.29) is 57.2 Å². The fourth-order valence-electron chi connectivity index (χ4n) is 2.23. The molecule has 2 aliphatic heterocycles. The minimum absolute atomic E-state index is 0.0852. The van der Waals surface area contributed by atoms with Gasteiger partial charge in [-0.1, -0.05) is 48.0 Å². The molecule has 140 valence electrons. The van der Waals surface area contributed by atoms with Crippen molar-refractivity contribution in [2.24, 2.45) is 0 Å². The van der Waals surface area contributed by atoms with Gasteiger partial charge < -0.3 is 10.2 Å². The number of hydrogen-bond donors (Lipinski definition) is 2. The van der Waals surface area contributed by atoms with E-state index < -0.39 is 23.8 Å². The highest BCUT2D eigenvalue weighted by atomic mass is 32.2. The third kappa shape index (κ3) is 4.81. The Morgan fingerprint density at radius 2 is 1.15 bits per heavy atom. The van der Waals surface area contributed by atoms with E-state index in [1.807, 2.05) is 0 Å². The van der Waals surface area contributed by atoms with Crippen LogP contribution in [0, 0.1) is 0 Å². The molecule has 26 heavy (non-hydrogen) atoms. The molecule has 0 aromatic rings. The fourth-order valence-corrected chi connectivity index (χ4v) is 5.00. The molecule has 0 saturated carbocycles. The maximum atomic E-state index is 12.5. The summed E-state index contributed by atoms with van der Waals surface area (Å²) in [6.45, 7) is 0.332. The number of carboxylic acid groups (broad SMARTS) is 2. The lowest BCUT2D eigenvalue weighted by Crippen LogP contribution is -2.31. The standard InChI is InChI=1S/C14H14N2O6S4/c17-7(18)3-1-5-15-11(21)9(25-13(15)23)10-12(22)16(14(24)26-10)6-2-4-8(19)20/h1-6H2,(H,17,18)(H,19,20)/b10-9+. The molecule has 0 bridgehead atoms. The van der Waals surface area contributed by atoms with Crippen LogP contribution in [0.3, 0.4) is 0 Å². The summed E-state index contributed by atoms with van der Waals surface area (Å²) in [6, 6.07) is 0. The van der Waals surface area contributed by atoms with Crippen molar-refractivity contribution in [1.82, 2.24) is 9.80 Å². The molecule has 2 saturated heterocycles. The van der Waals surface area contributed by atoms with Gasteiger partial charge in [-0.05, 0) is 12.8 Å². The number of nitrogens with zero attached hydrogens (tertiary/aromatic N) is 2. The largest absolute Gasteiger partial charge is 0.481 e. The van der Waals surface area contributed by atoms with Crippen molar-refractivity contribution in [2.45, 2.75) is 25.7 Å². The predicted octanol–water partition coefficient (Wildman–Crippen LogP) is 1.65. The van der Waals surface area contributed by atoms with E-state index in [4.69, 9.17) is 34.6 Å². The number of rotatable bonds is 8. The Bertz CT molecular complexity index is 675. The summed E-state index contributed by atoms with van der Waals surface area (Å²) >= 11 is 12.3. The summed E-state index contributed by atoms with van der Waals surface area (Å²) in [7, 11) is 0. The highest BCUT2D eigenvalue weighted by molar-refractivity contribution is 8.29. The second-order valence-corrected chi connectivity index (χ2v) is 8.59. The number of carbonyl (C=O) groups is 4. The molecule has 2 fully saturated rings. The van der Waals surface area contributed by atoms with E-state index >= 15 is 0 Å². The number of thiocarbonyl (C=S) groups is 2. The second kappa shape index (κ2) is 8.93. The first-order valence-corrected chi connectivity index (χ1v) is 9.92. The molecule has 0 radical (unpaired) electrons. The molecule has 0 aromatic heterocycles. The van der Waals surface area contributed by atoms with E-state index in [1.165, 1.54) is 9.80 Å². The third-order valence-corrected chi connectivity index (χ3v) is 6.47. The van der Waals surface area contributed by atoms with Gasteiger partial charge in [0, 0.05) is 25.9 Å². The minimum Gasteiger partial charge on any atom is -0.481 e. The van der Waals surface area contributed by atoms with E-state index in [9.17, 15) is 19.2 Å². The van der Waals surface area contributed by atoms with Crippen LogP contribution in [0.15, 0.2) is 9.81 Å². The first kappa shape index (κ1) is 20.8. The third-order valence-electron chi connectivity index (χ3n) is 3.45. The summed E-state index contributed by atoms with van der Waals surface area (Å²) in [5.41, 5.74) is 0. The SMILES string of the molecule is O=C(O)CCCN1C(=O)/C(=C2\SC(=S)N(CCCC(=O)O)C2=O)SC1=S. The van der Waals surface area contributed by atoms with Crippen molar-refractivity contribution in [3.05, 3.63) is 9.81 Å². The van der Waals surface area contributed by atoms with Crippen molar-refractivity contribution in [2.75, 3.05) is 13.1 Å². The number of aliphatic carboxylic acids is 2. The monoisotopic (exact) mass is 434 g/mol. The Kier molecular flexibility index (Phi) is 7.15. The van der Waals surface area contributed by atoms with E-state index in [2.05, 4.69) is 0 Å². The van der Waals surface area contributed by atoms with Gasteiger partial charge >= 0.3 is 11.9 Å². The number of carbonyl (C=O) groups excluding carboxylic acids is 2. The Labute approximate surface area is 168 Å². The highest BCUT2D eigenvalue weighted by Crippen LogP contribution is 2.42. The van der Waals surface area contributed by atoms with Crippen LogP contribution >= 0.6 is 48.0 Å². The van der Waals surface area contributed by atoms with Crippen LogP contribution in [0.25, 0.3) is 0 Å². The summed E-state index contributed by atoms with van der Waals surface area (Å²) in [5, 5.41) is 17.4.